The predicted molar refractivity (Wildman–Crippen MR) is 98.3 cm³/mol. The smallest absolute Gasteiger partial charge is 0.163 e. The fourth-order valence-electron chi connectivity index (χ4n) is 2.06. The summed E-state index contributed by atoms with van der Waals surface area (Å²) in [6.07, 6.45) is 0. The second-order valence-electron chi connectivity index (χ2n) is 5.47. The molecule has 8 nitrogen and oxygen atoms in total. The molecule has 2 rings (SSSR count). The molecule has 0 aliphatic heterocycles. The van der Waals surface area contributed by atoms with E-state index in [0.29, 0.717) is 17.3 Å². The van der Waals surface area contributed by atoms with Gasteiger partial charge < -0.3 is 15.5 Å². The molecule has 0 saturated carbocycles. The largest absolute Gasteiger partial charge is 0.363 e. The first kappa shape index (κ1) is 18.3. The number of hydrogen-bond acceptors (Lipinski definition) is 8. The van der Waals surface area contributed by atoms with Crippen LogP contribution in [0.25, 0.3) is 0 Å². The second-order valence-corrected chi connectivity index (χ2v) is 5.47. The summed E-state index contributed by atoms with van der Waals surface area (Å²) in [5.74, 6) is 2.11. The minimum Gasteiger partial charge on any atom is -0.363 e. The van der Waals surface area contributed by atoms with Gasteiger partial charge in [0.2, 0.25) is 0 Å². The van der Waals surface area contributed by atoms with E-state index < -0.39 is 0 Å². The zero-order valence-corrected chi connectivity index (χ0v) is 14.6. The van der Waals surface area contributed by atoms with Crippen LogP contribution in [0.5, 0.6) is 0 Å². The molecule has 0 aliphatic carbocycles. The second kappa shape index (κ2) is 8.14. The van der Waals surface area contributed by atoms with Gasteiger partial charge in [-0.05, 0) is 31.2 Å². The average molecular weight is 344 g/mol. The Kier molecular flexibility index (Phi) is 5.71. The van der Waals surface area contributed by atoms with Crippen LogP contribution in [0.4, 0.5) is 23.0 Å². The van der Waals surface area contributed by atoms with E-state index in [1.165, 1.54) is 0 Å². The molecule has 8 heteroatoms. The molecular weight excluding hydrogens is 328 g/mol. The molecule has 2 N–H and O–H groups in total. The van der Waals surface area contributed by atoms with Crippen LogP contribution >= 0.6 is 0 Å². The molecule has 0 fully saturated rings. The zero-order chi connectivity index (χ0) is 19.1. The maximum atomic E-state index is 9.06. The summed E-state index contributed by atoms with van der Waals surface area (Å²) in [6, 6.07) is 14.1. The fourth-order valence-corrected chi connectivity index (χ4v) is 2.06. The molecule has 128 valence electrons. The first-order valence-corrected chi connectivity index (χ1v) is 7.58. The zero-order valence-electron chi connectivity index (χ0n) is 14.6. The van der Waals surface area contributed by atoms with Gasteiger partial charge >= 0.3 is 0 Å². The molecule has 0 bridgehead atoms. The van der Waals surface area contributed by atoms with Crippen LogP contribution in [0.3, 0.4) is 0 Å². The number of benzene rings is 1. The van der Waals surface area contributed by atoms with E-state index in [1.54, 1.807) is 36.4 Å². The minimum atomic E-state index is -0.262. The number of anilines is 4. The van der Waals surface area contributed by atoms with Gasteiger partial charge in [0.05, 0.1) is 0 Å². The molecule has 0 amide bonds. The molecule has 26 heavy (non-hydrogen) atoms. The topological polar surface area (TPSA) is 124 Å². The summed E-state index contributed by atoms with van der Waals surface area (Å²) in [4.78, 5) is 10.6. The fraction of sp³-hybridized carbons (Fsp3) is 0.167. The van der Waals surface area contributed by atoms with Crippen molar-refractivity contribution in [1.29, 1.82) is 15.8 Å². The molecule has 0 saturated heterocycles. The maximum absolute atomic E-state index is 9.06. The highest BCUT2D eigenvalue weighted by molar-refractivity contribution is 5.64. The lowest BCUT2D eigenvalue weighted by Gasteiger charge is -2.14. The number of nitrogens with zero attached hydrogens (tertiary/aromatic N) is 6. The number of allylic oxidation sites excluding steroid dienone is 2. The van der Waals surface area contributed by atoms with Crippen molar-refractivity contribution in [3.05, 3.63) is 47.4 Å². The first-order chi connectivity index (χ1) is 12.5. The van der Waals surface area contributed by atoms with Crippen LogP contribution in [0.1, 0.15) is 5.82 Å². The van der Waals surface area contributed by atoms with Crippen molar-refractivity contribution in [1.82, 2.24) is 9.97 Å². The van der Waals surface area contributed by atoms with E-state index >= 15 is 0 Å². The SMILES string of the molecule is Cc1nc(Nc2ccc(NC(C#N)=C(C#N)C#N)cc2)cc(N(C)C)n1. The summed E-state index contributed by atoms with van der Waals surface area (Å²) in [6.45, 7) is 1.82. The van der Waals surface area contributed by atoms with Gasteiger partial charge in [-0.2, -0.15) is 15.8 Å². The van der Waals surface area contributed by atoms with Crippen molar-refractivity contribution in [2.24, 2.45) is 0 Å². The van der Waals surface area contributed by atoms with Crippen molar-refractivity contribution in [3.8, 4) is 18.2 Å². The molecule has 0 spiro atoms. The van der Waals surface area contributed by atoms with Gasteiger partial charge in [0.15, 0.2) is 5.57 Å². The third-order valence-electron chi connectivity index (χ3n) is 3.29. The summed E-state index contributed by atoms with van der Waals surface area (Å²) >= 11 is 0. The Hall–Kier alpha value is -4.09. The molecule has 2 aromatic rings. The lowest BCUT2D eigenvalue weighted by molar-refractivity contribution is 0.991. The number of nitriles is 3. The summed E-state index contributed by atoms with van der Waals surface area (Å²) in [7, 11) is 3.81. The molecule has 0 aliphatic rings. The number of nitrogens with one attached hydrogen (secondary N) is 2. The van der Waals surface area contributed by atoms with E-state index in [0.717, 1.165) is 11.5 Å². The molecule has 1 heterocycles. The molecule has 1 aromatic heterocycles. The summed E-state index contributed by atoms with van der Waals surface area (Å²) < 4.78 is 0. The van der Waals surface area contributed by atoms with Crippen LogP contribution in [-0.2, 0) is 0 Å². The highest BCUT2D eigenvalue weighted by Gasteiger charge is 2.07. The first-order valence-electron chi connectivity index (χ1n) is 7.58. The van der Waals surface area contributed by atoms with Crippen LogP contribution in [0, 0.1) is 40.9 Å². The Labute approximate surface area is 151 Å². The van der Waals surface area contributed by atoms with Gasteiger partial charge in [-0.25, -0.2) is 9.97 Å². The number of hydrogen-bond donors (Lipinski definition) is 2. The Bertz CT molecular complexity index is 937. The predicted octanol–water partition coefficient (Wildman–Crippen LogP) is 2.83. The van der Waals surface area contributed by atoms with Crippen LogP contribution in [0.2, 0.25) is 0 Å². The number of aryl methyl sites for hydroxylation is 1. The lowest BCUT2D eigenvalue weighted by Crippen LogP contribution is -2.12. The highest BCUT2D eigenvalue weighted by atomic mass is 15.2. The van der Waals surface area contributed by atoms with Crippen molar-refractivity contribution in [2.45, 2.75) is 6.92 Å². The summed E-state index contributed by atoms with van der Waals surface area (Å²) in [5.41, 5.74) is 1.03. The highest BCUT2D eigenvalue weighted by Crippen LogP contribution is 2.21. The van der Waals surface area contributed by atoms with Gasteiger partial charge in [-0.15, -0.1) is 0 Å². The van der Waals surface area contributed by atoms with E-state index in [2.05, 4.69) is 20.6 Å². The standard InChI is InChI=1S/C18H16N8/c1-12-22-17(8-18(23-12)26(2)3)25-15-6-4-14(5-7-15)24-16(11-21)13(9-19)10-20/h4-8,24H,1-3H3,(H,22,23,25). The Morgan fingerprint density at radius 3 is 2.12 bits per heavy atom. The molecule has 0 unspecified atom stereocenters. The maximum Gasteiger partial charge on any atom is 0.163 e. The van der Waals surface area contributed by atoms with Crippen molar-refractivity contribution in [2.75, 3.05) is 29.6 Å². The van der Waals surface area contributed by atoms with Crippen molar-refractivity contribution < 1.29 is 0 Å². The van der Waals surface area contributed by atoms with Crippen molar-refractivity contribution in [3.63, 3.8) is 0 Å². The lowest BCUT2D eigenvalue weighted by atomic mass is 10.2. The van der Waals surface area contributed by atoms with E-state index in [4.69, 9.17) is 15.8 Å². The van der Waals surface area contributed by atoms with Crippen molar-refractivity contribution >= 4 is 23.0 Å². The van der Waals surface area contributed by atoms with Gasteiger partial charge in [-0.3, -0.25) is 0 Å². The van der Waals surface area contributed by atoms with E-state index in [1.807, 2.05) is 38.1 Å². The minimum absolute atomic E-state index is 0.0854. The van der Waals surface area contributed by atoms with Gasteiger partial charge in [0.1, 0.15) is 41.4 Å². The van der Waals surface area contributed by atoms with E-state index in [9.17, 15) is 0 Å². The summed E-state index contributed by atoms with van der Waals surface area (Å²) in [5, 5.41) is 32.7. The number of aromatic nitrogens is 2. The molecule has 0 atom stereocenters. The average Bonchev–Trinajstić information content (AvgIpc) is 2.62. The Morgan fingerprint density at radius 2 is 1.58 bits per heavy atom. The Balaban J connectivity index is 2.19. The molecule has 0 radical (unpaired) electrons. The monoisotopic (exact) mass is 344 g/mol. The van der Waals surface area contributed by atoms with Crippen LogP contribution in [0.15, 0.2) is 41.6 Å². The van der Waals surface area contributed by atoms with Crippen LogP contribution < -0.4 is 15.5 Å². The Morgan fingerprint density at radius 1 is 0.962 bits per heavy atom. The third-order valence-corrected chi connectivity index (χ3v) is 3.29. The molecule has 1 aromatic carbocycles. The normalized spacial score (nSPS) is 9.23. The van der Waals surface area contributed by atoms with Crippen LogP contribution in [-0.4, -0.2) is 24.1 Å². The third kappa shape index (κ3) is 4.47. The van der Waals surface area contributed by atoms with Gasteiger partial charge in [0, 0.05) is 31.5 Å². The van der Waals surface area contributed by atoms with E-state index in [-0.39, 0.29) is 11.3 Å². The van der Waals surface area contributed by atoms with Gasteiger partial charge in [0.25, 0.3) is 0 Å². The van der Waals surface area contributed by atoms with Gasteiger partial charge in [-0.1, -0.05) is 0 Å². The quantitative estimate of drug-likeness (QED) is 0.793. The molecular formula is C18H16N8. The number of rotatable bonds is 5.